The number of carbonyl (C=O) groups is 2. The van der Waals surface area contributed by atoms with Crippen molar-refractivity contribution < 1.29 is 9.59 Å². The van der Waals surface area contributed by atoms with Crippen LogP contribution in [0.25, 0.3) is 0 Å². The van der Waals surface area contributed by atoms with E-state index in [2.05, 4.69) is 10.6 Å². The molecule has 1 aliphatic carbocycles. The maximum Gasteiger partial charge on any atom is 0.235 e. The van der Waals surface area contributed by atoms with Crippen molar-refractivity contribution in [2.24, 2.45) is 5.92 Å². The van der Waals surface area contributed by atoms with Gasteiger partial charge >= 0.3 is 0 Å². The van der Waals surface area contributed by atoms with Crippen LogP contribution in [0.4, 0.5) is 11.4 Å². The number of amides is 2. The molecule has 0 radical (unpaired) electrons. The fourth-order valence-electron chi connectivity index (χ4n) is 3.25. The first-order chi connectivity index (χ1) is 9.53. The van der Waals surface area contributed by atoms with Gasteiger partial charge in [0.25, 0.3) is 0 Å². The van der Waals surface area contributed by atoms with Crippen LogP contribution in [0.15, 0.2) is 18.2 Å². The molecule has 1 fully saturated rings. The van der Waals surface area contributed by atoms with Gasteiger partial charge in [-0.2, -0.15) is 0 Å². The Hall–Kier alpha value is -1.84. The number of anilines is 2. The summed E-state index contributed by atoms with van der Waals surface area (Å²) in [6.07, 6.45) is 4.01. The van der Waals surface area contributed by atoms with E-state index in [0.29, 0.717) is 0 Å². The monoisotopic (exact) mass is 272 g/mol. The van der Waals surface area contributed by atoms with Gasteiger partial charge in [0.15, 0.2) is 0 Å². The summed E-state index contributed by atoms with van der Waals surface area (Å²) in [5, 5.41) is 5.90. The number of nitrogens with one attached hydrogen (secondary N) is 2. The van der Waals surface area contributed by atoms with Crippen molar-refractivity contribution in [3.63, 3.8) is 0 Å². The second kappa shape index (κ2) is 4.62. The predicted octanol–water partition coefficient (Wildman–Crippen LogP) is 3.05. The predicted molar refractivity (Wildman–Crippen MR) is 78.7 cm³/mol. The smallest absolute Gasteiger partial charge is 0.235 e. The summed E-state index contributed by atoms with van der Waals surface area (Å²) in [4.78, 5) is 24.1. The fourth-order valence-corrected chi connectivity index (χ4v) is 3.25. The lowest BCUT2D eigenvalue weighted by Gasteiger charge is -2.21. The number of rotatable bonds is 2. The van der Waals surface area contributed by atoms with E-state index in [1.54, 1.807) is 0 Å². The Morgan fingerprint density at radius 2 is 2.00 bits per heavy atom. The quantitative estimate of drug-likeness (QED) is 0.869. The van der Waals surface area contributed by atoms with Crippen LogP contribution in [0.5, 0.6) is 0 Å². The highest BCUT2D eigenvalue weighted by Crippen LogP contribution is 2.49. The Bertz CT molecular complexity index is 572. The van der Waals surface area contributed by atoms with Gasteiger partial charge in [0.1, 0.15) is 0 Å². The molecule has 1 aliphatic heterocycles. The number of hydrogen-bond donors (Lipinski definition) is 2. The van der Waals surface area contributed by atoms with Crippen LogP contribution in [0.1, 0.15) is 45.1 Å². The zero-order chi connectivity index (χ0) is 14.3. The standard InChI is InChI=1S/C16H20N2O2/c1-10(2)14(19)17-11-5-6-13-12(9-11)16(15(20)18-13)7-3-4-8-16/h5-6,9-10H,3-4,7-8H2,1-2H3,(H,17,19)(H,18,20). The van der Waals surface area contributed by atoms with Crippen molar-refractivity contribution in [3.05, 3.63) is 23.8 Å². The van der Waals surface area contributed by atoms with E-state index in [9.17, 15) is 9.59 Å². The molecule has 20 heavy (non-hydrogen) atoms. The van der Waals surface area contributed by atoms with Crippen molar-refractivity contribution in [2.45, 2.75) is 44.9 Å². The molecule has 2 aliphatic rings. The van der Waals surface area contributed by atoms with E-state index in [4.69, 9.17) is 0 Å². The third-order valence-corrected chi connectivity index (χ3v) is 4.47. The van der Waals surface area contributed by atoms with E-state index in [1.807, 2.05) is 32.0 Å². The van der Waals surface area contributed by atoms with E-state index < -0.39 is 0 Å². The van der Waals surface area contributed by atoms with Gasteiger partial charge in [-0.1, -0.05) is 26.7 Å². The minimum absolute atomic E-state index is 0.00250. The third kappa shape index (κ3) is 1.90. The molecule has 0 atom stereocenters. The van der Waals surface area contributed by atoms with Crippen LogP contribution in [0.2, 0.25) is 0 Å². The summed E-state index contributed by atoms with van der Waals surface area (Å²) in [6, 6.07) is 5.72. The number of hydrogen-bond acceptors (Lipinski definition) is 2. The Kier molecular flexibility index (Phi) is 3.04. The average molecular weight is 272 g/mol. The molecule has 0 saturated heterocycles. The summed E-state index contributed by atoms with van der Waals surface area (Å²) in [5.41, 5.74) is 2.39. The molecule has 2 amide bonds. The Morgan fingerprint density at radius 1 is 1.30 bits per heavy atom. The van der Waals surface area contributed by atoms with Crippen molar-refractivity contribution in [2.75, 3.05) is 10.6 Å². The Balaban J connectivity index is 1.95. The van der Waals surface area contributed by atoms with E-state index in [1.165, 1.54) is 0 Å². The van der Waals surface area contributed by atoms with Crippen LogP contribution in [0.3, 0.4) is 0 Å². The molecule has 1 heterocycles. The first-order valence-electron chi connectivity index (χ1n) is 7.30. The maximum atomic E-state index is 12.3. The number of benzene rings is 1. The second-order valence-electron chi connectivity index (χ2n) is 6.15. The van der Waals surface area contributed by atoms with Crippen molar-refractivity contribution >= 4 is 23.2 Å². The van der Waals surface area contributed by atoms with Crippen LogP contribution in [-0.4, -0.2) is 11.8 Å². The van der Waals surface area contributed by atoms with Gasteiger partial charge < -0.3 is 10.6 Å². The molecule has 4 heteroatoms. The molecule has 3 rings (SSSR count). The molecule has 1 saturated carbocycles. The molecule has 0 aromatic heterocycles. The molecule has 1 aromatic carbocycles. The second-order valence-corrected chi connectivity index (χ2v) is 6.15. The minimum atomic E-state index is -0.353. The summed E-state index contributed by atoms with van der Waals surface area (Å²) in [6.45, 7) is 3.73. The molecule has 4 nitrogen and oxygen atoms in total. The van der Waals surface area contributed by atoms with Crippen LogP contribution < -0.4 is 10.6 Å². The average Bonchev–Trinajstić information content (AvgIpc) is 2.99. The van der Waals surface area contributed by atoms with Gasteiger partial charge in [-0.05, 0) is 36.6 Å². The SMILES string of the molecule is CC(C)C(=O)Nc1ccc2c(c1)C1(CCCC1)C(=O)N2. The van der Waals surface area contributed by atoms with Gasteiger partial charge in [0.2, 0.25) is 11.8 Å². The first-order valence-corrected chi connectivity index (χ1v) is 7.30. The largest absolute Gasteiger partial charge is 0.326 e. The number of fused-ring (bicyclic) bond motifs is 2. The van der Waals surface area contributed by atoms with Gasteiger partial charge in [-0.15, -0.1) is 0 Å². The van der Waals surface area contributed by atoms with Crippen molar-refractivity contribution in [3.8, 4) is 0 Å². The van der Waals surface area contributed by atoms with Gasteiger partial charge in [0.05, 0.1) is 5.41 Å². The molecule has 2 N–H and O–H groups in total. The molecule has 0 unspecified atom stereocenters. The highest BCUT2D eigenvalue weighted by molar-refractivity contribution is 6.07. The third-order valence-electron chi connectivity index (χ3n) is 4.47. The summed E-state index contributed by atoms with van der Waals surface area (Å²) in [7, 11) is 0. The summed E-state index contributed by atoms with van der Waals surface area (Å²) >= 11 is 0. The zero-order valence-corrected chi connectivity index (χ0v) is 12.0. The van der Waals surface area contributed by atoms with Gasteiger partial charge in [0, 0.05) is 17.3 Å². The lowest BCUT2D eigenvalue weighted by Crippen LogP contribution is -2.31. The summed E-state index contributed by atoms with van der Waals surface area (Å²) in [5.74, 6) is 0.0727. The van der Waals surface area contributed by atoms with Crippen molar-refractivity contribution in [1.82, 2.24) is 0 Å². The maximum absolute atomic E-state index is 12.3. The normalized spacial score (nSPS) is 19.2. The highest BCUT2D eigenvalue weighted by atomic mass is 16.2. The lowest BCUT2D eigenvalue weighted by atomic mass is 9.80. The Labute approximate surface area is 118 Å². The molecule has 106 valence electrons. The molecule has 1 spiro atoms. The lowest BCUT2D eigenvalue weighted by molar-refractivity contribution is -0.120. The minimum Gasteiger partial charge on any atom is -0.326 e. The summed E-state index contributed by atoms with van der Waals surface area (Å²) < 4.78 is 0. The van der Waals surface area contributed by atoms with Crippen LogP contribution >= 0.6 is 0 Å². The van der Waals surface area contributed by atoms with E-state index in [0.717, 1.165) is 42.6 Å². The first kappa shape index (κ1) is 13.2. The topological polar surface area (TPSA) is 58.2 Å². The molecular weight excluding hydrogens is 252 g/mol. The molecular formula is C16H20N2O2. The van der Waals surface area contributed by atoms with E-state index >= 15 is 0 Å². The van der Waals surface area contributed by atoms with Crippen LogP contribution in [-0.2, 0) is 15.0 Å². The molecule has 0 bridgehead atoms. The van der Waals surface area contributed by atoms with E-state index in [-0.39, 0.29) is 23.1 Å². The van der Waals surface area contributed by atoms with Crippen molar-refractivity contribution in [1.29, 1.82) is 0 Å². The van der Waals surface area contributed by atoms with Crippen LogP contribution in [0, 0.1) is 5.92 Å². The fraction of sp³-hybridized carbons (Fsp3) is 0.500. The highest BCUT2D eigenvalue weighted by Gasteiger charge is 2.48. The Morgan fingerprint density at radius 3 is 2.65 bits per heavy atom. The number of carbonyl (C=O) groups excluding carboxylic acids is 2. The zero-order valence-electron chi connectivity index (χ0n) is 12.0. The van der Waals surface area contributed by atoms with Gasteiger partial charge in [-0.25, -0.2) is 0 Å². The molecule has 1 aromatic rings. The van der Waals surface area contributed by atoms with Gasteiger partial charge in [-0.3, -0.25) is 9.59 Å².